The lowest BCUT2D eigenvalue weighted by molar-refractivity contribution is -0.115. The molecule has 4 rings (SSSR count). The van der Waals surface area contributed by atoms with Gasteiger partial charge in [0.15, 0.2) is 5.78 Å². The van der Waals surface area contributed by atoms with Gasteiger partial charge in [0.2, 0.25) is 0 Å². The third-order valence-electron chi connectivity index (χ3n) is 7.48. The second kappa shape index (κ2) is 5.58. The van der Waals surface area contributed by atoms with Crippen LogP contribution < -0.4 is 0 Å². The van der Waals surface area contributed by atoms with E-state index < -0.39 is 0 Å². The largest absolute Gasteiger partial charge is 0.392 e. The summed E-state index contributed by atoms with van der Waals surface area (Å²) in [5, 5.41) is 10.5. The van der Waals surface area contributed by atoms with Crippen molar-refractivity contribution < 1.29 is 9.90 Å². The fourth-order valence-corrected chi connectivity index (χ4v) is 6.33. The van der Waals surface area contributed by atoms with Gasteiger partial charge >= 0.3 is 0 Å². The maximum absolute atomic E-state index is 11.9. The average Bonchev–Trinajstić information content (AvgIpc) is 2.83. The first kappa shape index (κ1) is 15.6. The van der Waals surface area contributed by atoms with Gasteiger partial charge in [-0.25, -0.2) is 0 Å². The van der Waals surface area contributed by atoms with Gasteiger partial charge in [-0.3, -0.25) is 4.79 Å². The molecule has 126 valence electrons. The molecular weight excluding hydrogens is 284 g/mol. The Labute approximate surface area is 140 Å². The number of hydrogen-bond donors (Lipinski definition) is 1. The molecule has 0 aromatic rings. The molecule has 0 radical (unpaired) electrons. The number of aliphatic hydroxyl groups is 1. The Morgan fingerprint density at radius 3 is 2.96 bits per heavy atom. The second-order valence-electron chi connectivity index (χ2n) is 8.64. The molecule has 1 N–H and O–H groups in total. The molecule has 2 nitrogen and oxygen atoms in total. The van der Waals surface area contributed by atoms with E-state index >= 15 is 0 Å². The van der Waals surface area contributed by atoms with Crippen molar-refractivity contribution in [1.29, 1.82) is 0 Å². The van der Waals surface area contributed by atoms with E-state index in [0.29, 0.717) is 29.5 Å². The third-order valence-corrected chi connectivity index (χ3v) is 7.48. The minimum absolute atomic E-state index is 0.0266. The van der Waals surface area contributed by atoms with Gasteiger partial charge in [0.25, 0.3) is 0 Å². The zero-order chi connectivity index (χ0) is 16.2. The van der Waals surface area contributed by atoms with Gasteiger partial charge < -0.3 is 5.11 Å². The van der Waals surface area contributed by atoms with Crippen molar-refractivity contribution in [1.82, 2.24) is 0 Å². The highest BCUT2D eigenvalue weighted by Gasteiger charge is 2.54. The van der Waals surface area contributed by atoms with Crippen molar-refractivity contribution in [2.45, 2.75) is 71.3 Å². The number of rotatable bonds is 2. The predicted molar refractivity (Wildman–Crippen MR) is 91.9 cm³/mol. The van der Waals surface area contributed by atoms with Crippen LogP contribution in [0.25, 0.3) is 0 Å². The normalized spacial score (nSPS) is 45.7. The fourth-order valence-electron chi connectivity index (χ4n) is 6.33. The van der Waals surface area contributed by atoms with Gasteiger partial charge in [0, 0.05) is 11.8 Å². The molecule has 0 aromatic heterocycles. The molecule has 0 saturated heterocycles. The van der Waals surface area contributed by atoms with Crippen LogP contribution in [0.3, 0.4) is 0 Å². The Kier molecular flexibility index (Phi) is 3.79. The summed E-state index contributed by atoms with van der Waals surface area (Å²) in [6.07, 6.45) is 12.8. The lowest BCUT2D eigenvalue weighted by Gasteiger charge is -2.54. The molecule has 0 spiro atoms. The molecule has 2 unspecified atom stereocenters. The zero-order valence-corrected chi connectivity index (χ0v) is 14.6. The summed E-state index contributed by atoms with van der Waals surface area (Å²) in [6.45, 7) is 4.58. The van der Waals surface area contributed by atoms with E-state index in [-0.39, 0.29) is 11.5 Å². The van der Waals surface area contributed by atoms with Crippen LogP contribution in [-0.4, -0.2) is 17.0 Å². The van der Waals surface area contributed by atoms with Gasteiger partial charge in [-0.1, -0.05) is 37.5 Å². The molecule has 0 amide bonds. The smallest absolute Gasteiger partial charge is 0.155 e. The molecule has 0 aliphatic heterocycles. The van der Waals surface area contributed by atoms with Crippen molar-refractivity contribution in [3.05, 3.63) is 23.3 Å². The van der Waals surface area contributed by atoms with Crippen LogP contribution in [0.4, 0.5) is 0 Å². The minimum atomic E-state index is -0.175. The quantitative estimate of drug-likeness (QED) is 0.765. The molecule has 2 saturated carbocycles. The SMILES string of the molecule is CCCC1CC2=CC(=O)CC[C@@H]2[C@H]2CC[C@@]3(C)C(=CCC3O)[C@H]12. The van der Waals surface area contributed by atoms with E-state index in [1.165, 1.54) is 24.8 Å². The minimum Gasteiger partial charge on any atom is -0.392 e. The number of aliphatic hydroxyl groups excluding tert-OH is 1. The number of allylic oxidation sites excluding steroid dienone is 2. The van der Waals surface area contributed by atoms with Gasteiger partial charge in [0.1, 0.15) is 0 Å². The highest BCUT2D eigenvalue weighted by Crippen LogP contribution is 2.61. The van der Waals surface area contributed by atoms with E-state index in [4.69, 9.17) is 0 Å². The van der Waals surface area contributed by atoms with Crippen LogP contribution in [0.2, 0.25) is 0 Å². The Balaban J connectivity index is 1.72. The van der Waals surface area contributed by atoms with Crippen molar-refractivity contribution in [2.75, 3.05) is 0 Å². The first-order chi connectivity index (χ1) is 11.0. The van der Waals surface area contributed by atoms with Crippen molar-refractivity contribution in [2.24, 2.45) is 29.1 Å². The molecule has 2 fully saturated rings. The van der Waals surface area contributed by atoms with E-state index in [1.807, 2.05) is 6.08 Å². The van der Waals surface area contributed by atoms with Crippen LogP contribution >= 0.6 is 0 Å². The van der Waals surface area contributed by atoms with Gasteiger partial charge in [-0.15, -0.1) is 0 Å². The lowest BCUT2D eigenvalue weighted by atomic mass is 9.51. The fraction of sp³-hybridized carbons (Fsp3) is 0.762. The predicted octanol–water partition coefficient (Wildman–Crippen LogP) is 4.44. The molecule has 2 heteroatoms. The number of hydrogen-bond acceptors (Lipinski definition) is 2. The summed E-state index contributed by atoms with van der Waals surface area (Å²) in [7, 11) is 0. The second-order valence-corrected chi connectivity index (χ2v) is 8.64. The van der Waals surface area contributed by atoms with E-state index in [9.17, 15) is 9.90 Å². The van der Waals surface area contributed by atoms with Gasteiger partial charge in [-0.2, -0.15) is 0 Å². The Bertz CT molecular complexity index is 572. The van der Waals surface area contributed by atoms with Crippen molar-refractivity contribution >= 4 is 5.78 Å². The number of fused-ring (bicyclic) bond motifs is 5. The van der Waals surface area contributed by atoms with E-state index in [2.05, 4.69) is 19.9 Å². The summed E-state index contributed by atoms with van der Waals surface area (Å²) in [4.78, 5) is 11.9. The van der Waals surface area contributed by atoms with Crippen molar-refractivity contribution in [3.63, 3.8) is 0 Å². The van der Waals surface area contributed by atoms with Crippen LogP contribution in [0.5, 0.6) is 0 Å². The van der Waals surface area contributed by atoms with Crippen LogP contribution in [0.15, 0.2) is 23.3 Å². The average molecular weight is 314 g/mol. The monoisotopic (exact) mass is 314 g/mol. The maximum Gasteiger partial charge on any atom is 0.155 e. The van der Waals surface area contributed by atoms with Crippen molar-refractivity contribution in [3.8, 4) is 0 Å². The van der Waals surface area contributed by atoms with Gasteiger partial charge in [-0.05, 0) is 68.3 Å². The third kappa shape index (κ3) is 2.28. The summed E-state index contributed by atoms with van der Waals surface area (Å²) in [5.74, 6) is 3.02. The topological polar surface area (TPSA) is 37.3 Å². The highest BCUT2D eigenvalue weighted by molar-refractivity contribution is 5.91. The summed E-state index contributed by atoms with van der Waals surface area (Å²) in [6, 6.07) is 0. The summed E-state index contributed by atoms with van der Waals surface area (Å²) < 4.78 is 0. The van der Waals surface area contributed by atoms with Crippen LogP contribution in [0.1, 0.15) is 65.2 Å². The lowest BCUT2D eigenvalue weighted by Crippen LogP contribution is -2.47. The maximum atomic E-state index is 11.9. The number of ketones is 1. The zero-order valence-electron chi connectivity index (χ0n) is 14.6. The molecule has 0 bridgehead atoms. The summed E-state index contributed by atoms with van der Waals surface area (Å²) >= 11 is 0. The van der Waals surface area contributed by atoms with E-state index in [1.54, 1.807) is 5.57 Å². The Morgan fingerprint density at radius 2 is 2.17 bits per heavy atom. The summed E-state index contributed by atoms with van der Waals surface area (Å²) in [5.41, 5.74) is 3.07. The molecular formula is C21H30O2. The Hall–Kier alpha value is -0.890. The van der Waals surface area contributed by atoms with Gasteiger partial charge in [0.05, 0.1) is 6.10 Å². The van der Waals surface area contributed by atoms with E-state index in [0.717, 1.165) is 32.1 Å². The first-order valence-electron chi connectivity index (χ1n) is 9.66. The molecule has 6 atom stereocenters. The standard InChI is InChI=1S/C21H30O2/c1-3-4-13-11-14-12-15(22)5-6-16(14)17-9-10-21(2)18(20(13)17)7-8-19(21)23/h7,12-13,16-17,19-20,23H,3-6,8-11H2,1-2H3/t13?,16-,17+,19?,20+,21-/m0/s1. The highest BCUT2D eigenvalue weighted by atomic mass is 16.3. The van der Waals surface area contributed by atoms with Crippen LogP contribution in [0, 0.1) is 29.1 Å². The molecule has 4 aliphatic rings. The molecule has 0 aromatic carbocycles. The van der Waals surface area contributed by atoms with Crippen LogP contribution in [-0.2, 0) is 4.79 Å². The molecule has 23 heavy (non-hydrogen) atoms. The number of carbonyl (C=O) groups excluding carboxylic acids is 1. The first-order valence-corrected chi connectivity index (χ1v) is 9.66. The number of carbonyl (C=O) groups is 1. The molecule has 4 aliphatic carbocycles. The molecule has 0 heterocycles. The Morgan fingerprint density at radius 1 is 1.35 bits per heavy atom.